The van der Waals surface area contributed by atoms with Crippen molar-refractivity contribution < 1.29 is 4.79 Å². The number of aromatic nitrogens is 2. The smallest absolute Gasteiger partial charge is 0.321 e. The van der Waals surface area contributed by atoms with Crippen molar-refractivity contribution in [3.8, 4) is 0 Å². The molecule has 0 saturated heterocycles. The molecule has 2 amide bonds. The number of amides is 2. The molecule has 5 heteroatoms. The van der Waals surface area contributed by atoms with Crippen LogP contribution in [0.25, 0.3) is 0 Å². The van der Waals surface area contributed by atoms with Crippen LogP contribution in [0, 0.1) is 6.92 Å². The first kappa shape index (κ1) is 14.1. The Labute approximate surface area is 119 Å². The molecule has 2 rings (SSSR count). The number of para-hydroxylation sites is 1. The topological polar surface area (TPSA) is 50.2 Å². The van der Waals surface area contributed by atoms with E-state index < -0.39 is 0 Å². The van der Waals surface area contributed by atoms with Gasteiger partial charge < -0.3 is 10.2 Å². The summed E-state index contributed by atoms with van der Waals surface area (Å²) in [5.74, 6) is 0. The van der Waals surface area contributed by atoms with E-state index in [-0.39, 0.29) is 6.03 Å². The molecule has 20 heavy (non-hydrogen) atoms. The normalized spacial score (nSPS) is 10.3. The fourth-order valence-electron chi connectivity index (χ4n) is 2.03. The van der Waals surface area contributed by atoms with E-state index in [9.17, 15) is 4.79 Å². The van der Waals surface area contributed by atoms with Crippen molar-refractivity contribution >= 4 is 11.7 Å². The molecule has 0 fully saturated rings. The standard InChI is InChI=1S/C15H20N4O/c1-4-19-12(2)13(10-16-19)11-18(3)15(20)17-14-8-6-5-7-9-14/h5-10H,4,11H2,1-3H3,(H,17,20). The molecule has 0 spiro atoms. The molecular formula is C15H20N4O. The highest BCUT2D eigenvalue weighted by Crippen LogP contribution is 2.11. The molecule has 0 radical (unpaired) electrons. The maximum atomic E-state index is 12.1. The molecule has 0 aliphatic heterocycles. The summed E-state index contributed by atoms with van der Waals surface area (Å²) in [4.78, 5) is 13.7. The van der Waals surface area contributed by atoms with Crippen molar-refractivity contribution in [3.05, 3.63) is 47.8 Å². The Morgan fingerprint density at radius 2 is 2.05 bits per heavy atom. The molecule has 1 N–H and O–H groups in total. The number of aryl methyl sites for hydroxylation is 1. The van der Waals surface area contributed by atoms with E-state index in [0.717, 1.165) is 23.5 Å². The largest absolute Gasteiger partial charge is 0.323 e. The Balaban J connectivity index is 1.99. The fraction of sp³-hybridized carbons (Fsp3) is 0.333. The highest BCUT2D eigenvalue weighted by molar-refractivity contribution is 5.89. The number of nitrogens with one attached hydrogen (secondary N) is 1. The molecule has 1 aromatic heterocycles. The van der Waals surface area contributed by atoms with Crippen molar-refractivity contribution in [1.29, 1.82) is 0 Å². The van der Waals surface area contributed by atoms with Crippen LogP contribution in [-0.2, 0) is 13.1 Å². The molecule has 0 unspecified atom stereocenters. The van der Waals surface area contributed by atoms with E-state index in [0.29, 0.717) is 6.54 Å². The number of carbonyl (C=O) groups excluding carboxylic acids is 1. The Hall–Kier alpha value is -2.30. The van der Waals surface area contributed by atoms with E-state index in [4.69, 9.17) is 0 Å². The van der Waals surface area contributed by atoms with E-state index in [1.54, 1.807) is 11.9 Å². The fourth-order valence-corrected chi connectivity index (χ4v) is 2.03. The van der Waals surface area contributed by atoms with Gasteiger partial charge in [-0.05, 0) is 26.0 Å². The lowest BCUT2D eigenvalue weighted by Crippen LogP contribution is -2.30. The lowest BCUT2D eigenvalue weighted by atomic mass is 10.2. The van der Waals surface area contributed by atoms with Crippen LogP contribution >= 0.6 is 0 Å². The number of benzene rings is 1. The summed E-state index contributed by atoms with van der Waals surface area (Å²) >= 11 is 0. The van der Waals surface area contributed by atoms with Crippen LogP contribution in [0.3, 0.4) is 0 Å². The zero-order valence-electron chi connectivity index (χ0n) is 12.1. The van der Waals surface area contributed by atoms with Gasteiger partial charge in [0.05, 0.1) is 12.7 Å². The van der Waals surface area contributed by atoms with Gasteiger partial charge in [-0.1, -0.05) is 18.2 Å². The van der Waals surface area contributed by atoms with Gasteiger partial charge in [0.1, 0.15) is 0 Å². The van der Waals surface area contributed by atoms with Gasteiger partial charge in [-0.2, -0.15) is 5.10 Å². The Bertz CT molecular complexity index is 577. The average molecular weight is 272 g/mol. The predicted octanol–water partition coefficient (Wildman–Crippen LogP) is 2.88. The number of carbonyl (C=O) groups is 1. The van der Waals surface area contributed by atoms with Crippen LogP contribution in [0.4, 0.5) is 10.5 Å². The van der Waals surface area contributed by atoms with Gasteiger partial charge in [0, 0.05) is 30.5 Å². The molecule has 0 aliphatic rings. The summed E-state index contributed by atoms with van der Waals surface area (Å²) in [6.07, 6.45) is 1.82. The van der Waals surface area contributed by atoms with Crippen LogP contribution < -0.4 is 5.32 Å². The number of anilines is 1. The summed E-state index contributed by atoms with van der Waals surface area (Å²) < 4.78 is 1.93. The van der Waals surface area contributed by atoms with Crippen molar-refractivity contribution in [3.63, 3.8) is 0 Å². The predicted molar refractivity (Wildman–Crippen MR) is 79.6 cm³/mol. The van der Waals surface area contributed by atoms with Crippen LogP contribution in [0.15, 0.2) is 36.5 Å². The Morgan fingerprint density at radius 3 is 2.65 bits per heavy atom. The van der Waals surface area contributed by atoms with Crippen molar-refractivity contribution in [1.82, 2.24) is 14.7 Å². The summed E-state index contributed by atoms with van der Waals surface area (Å²) in [5, 5.41) is 7.15. The second-order valence-corrected chi connectivity index (χ2v) is 4.72. The third-order valence-corrected chi connectivity index (χ3v) is 3.28. The van der Waals surface area contributed by atoms with Gasteiger partial charge in [-0.3, -0.25) is 4.68 Å². The van der Waals surface area contributed by atoms with E-state index >= 15 is 0 Å². The van der Waals surface area contributed by atoms with E-state index in [2.05, 4.69) is 17.3 Å². The van der Waals surface area contributed by atoms with Gasteiger partial charge in [0.2, 0.25) is 0 Å². The second-order valence-electron chi connectivity index (χ2n) is 4.72. The van der Waals surface area contributed by atoms with Gasteiger partial charge in [0.15, 0.2) is 0 Å². The van der Waals surface area contributed by atoms with Crippen LogP contribution in [0.2, 0.25) is 0 Å². The van der Waals surface area contributed by atoms with Gasteiger partial charge in [-0.25, -0.2) is 4.79 Å². The molecule has 106 valence electrons. The minimum Gasteiger partial charge on any atom is -0.323 e. The summed E-state index contributed by atoms with van der Waals surface area (Å²) in [7, 11) is 1.78. The molecule has 0 bridgehead atoms. The van der Waals surface area contributed by atoms with Gasteiger partial charge in [-0.15, -0.1) is 0 Å². The van der Waals surface area contributed by atoms with Crippen molar-refractivity contribution in [2.45, 2.75) is 26.9 Å². The quantitative estimate of drug-likeness (QED) is 0.930. The average Bonchev–Trinajstić information content (AvgIpc) is 2.80. The third kappa shape index (κ3) is 3.17. The van der Waals surface area contributed by atoms with Gasteiger partial charge >= 0.3 is 6.03 Å². The first-order valence-corrected chi connectivity index (χ1v) is 6.70. The zero-order valence-corrected chi connectivity index (χ0v) is 12.1. The summed E-state index contributed by atoms with van der Waals surface area (Å²) in [6.45, 7) is 5.46. The number of hydrogen-bond acceptors (Lipinski definition) is 2. The number of hydrogen-bond donors (Lipinski definition) is 1. The Kier molecular flexibility index (Phi) is 4.40. The molecule has 1 aromatic carbocycles. The Morgan fingerprint density at radius 1 is 1.35 bits per heavy atom. The molecule has 0 atom stereocenters. The first-order valence-electron chi connectivity index (χ1n) is 6.70. The number of nitrogens with zero attached hydrogens (tertiary/aromatic N) is 3. The van der Waals surface area contributed by atoms with E-state index in [1.165, 1.54) is 0 Å². The molecule has 0 aliphatic carbocycles. The second kappa shape index (κ2) is 6.23. The molecule has 1 heterocycles. The maximum Gasteiger partial charge on any atom is 0.321 e. The van der Waals surface area contributed by atoms with E-state index in [1.807, 2.05) is 48.1 Å². The van der Waals surface area contributed by atoms with Crippen molar-refractivity contribution in [2.24, 2.45) is 0 Å². The third-order valence-electron chi connectivity index (χ3n) is 3.28. The summed E-state index contributed by atoms with van der Waals surface area (Å²) in [5.41, 5.74) is 2.97. The minimum atomic E-state index is -0.125. The zero-order chi connectivity index (χ0) is 14.5. The first-order chi connectivity index (χ1) is 9.61. The number of rotatable bonds is 4. The van der Waals surface area contributed by atoms with Crippen LogP contribution in [-0.4, -0.2) is 27.8 Å². The minimum absolute atomic E-state index is 0.125. The molecule has 2 aromatic rings. The summed E-state index contributed by atoms with van der Waals surface area (Å²) in [6, 6.07) is 9.32. The molecular weight excluding hydrogens is 252 g/mol. The molecule has 5 nitrogen and oxygen atoms in total. The highest BCUT2D eigenvalue weighted by Gasteiger charge is 2.12. The van der Waals surface area contributed by atoms with Gasteiger partial charge in [0.25, 0.3) is 0 Å². The number of urea groups is 1. The lowest BCUT2D eigenvalue weighted by molar-refractivity contribution is 0.220. The lowest BCUT2D eigenvalue weighted by Gasteiger charge is -2.17. The molecule has 0 saturated carbocycles. The maximum absolute atomic E-state index is 12.1. The highest BCUT2D eigenvalue weighted by atomic mass is 16.2. The van der Waals surface area contributed by atoms with Crippen LogP contribution in [0.5, 0.6) is 0 Å². The van der Waals surface area contributed by atoms with Crippen molar-refractivity contribution in [2.75, 3.05) is 12.4 Å². The van der Waals surface area contributed by atoms with Crippen LogP contribution in [0.1, 0.15) is 18.2 Å². The SMILES string of the molecule is CCn1ncc(CN(C)C(=O)Nc2ccccc2)c1C. The monoisotopic (exact) mass is 272 g/mol.